The summed E-state index contributed by atoms with van der Waals surface area (Å²) in [4.78, 5) is 30.9. The molecule has 0 unspecified atom stereocenters. The Morgan fingerprint density at radius 3 is 2.73 bits per heavy atom. The van der Waals surface area contributed by atoms with Crippen LogP contribution in [0.2, 0.25) is 10.0 Å². The summed E-state index contributed by atoms with van der Waals surface area (Å²) in [5.41, 5.74) is 0.799. The van der Waals surface area contributed by atoms with Crippen molar-refractivity contribution >= 4 is 41.1 Å². The minimum absolute atomic E-state index is 0.0962. The maximum atomic E-state index is 12.6. The summed E-state index contributed by atoms with van der Waals surface area (Å²) in [6.07, 6.45) is 6.63. The molecule has 1 aromatic rings. The molecular formula is C22H29Cl2N3O3. The van der Waals surface area contributed by atoms with E-state index < -0.39 is 0 Å². The third-order valence-electron chi connectivity index (χ3n) is 5.84. The summed E-state index contributed by atoms with van der Waals surface area (Å²) in [5, 5.41) is 10.3. The topological polar surface area (TPSA) is 64.1 Å². The van der Waals surface area contributed by atoms with Gasteiger partial charge in [-0.05, 0) is 49.6 Å². The minimum Gasteiger partial charge on any atom is -0.395 e. The van der Waals surface area contributed by atoms with Crippen molar-refractivity contribution in [3.05, 3.63) is 39.9 Å². The van der Waals surface area contributed by atoms with Gasteiger partial charge in [0, 0.05) is 51.3 Å². The Kier molecular flexibility index (Phi) is 8.57. The Bertz CT molecular complexity index is 787. The van der Waals surface area contributed by atoms with Gasteiger partial charge in [-0.15, -0.1) is 0 Å². The third-order valence-corrected chi connectivity index (χ3v) is 6.58. The second-order valence-corrected chi connectivity index (χ2v) is 8.65. The lowest BCUT2D eigenvalue weighted by Gasteiger charge is -2.25. The first kappa shape index (κ1) is 23.1. The number of rotatable bonds is 7. The Hall–Kier alpha value is -1.60. The molecule has 0 aromatic heterocycles. The smallest absolute Gasteiger partial charge is 0.246 e. The number of nitrogens with zero attached hydrogens (tertiary/aromatic N) is 3. The number of halogens is 2. The largest absolute Gasteiger partial charge is 0.395 e. The van der Waals surface area contributed by atoms with Crippen molar-refractivity contribution in [1.29, 1.82) is 0 Å². The number of aliphatic hydroxyl groups excluding tert-OH is 1. The lowest BCUT2D eigenvalue weighted by atomic mass is 10.2. The number of amides is 2. The van der Waals surface area contributed by atoms with Gasteiger partial charge in [-0.25, -0.2) is 0 Å². The predicted octanol–water partition coefficient (Wildman–Crippen LogP) is 2.91. The summed E-state index contributed by atoms with van der Waals surface area (Å²) in [6, 6.07) is 5.47. The SMILES string of the molecule is O=C(/C=C/c1ccc(Cl)c(Cl)c1)N1CCC(=O)N(CCCN2CCC[C@H]2CO)CC1. The number of likely N-dealkylation sites (tertiary alicyclic amines) is 1. The van der Waals surface area contributed by atoms with E-state index in [9.17, 15) is 14.7 Å². The van der Waals surface area contributed by atoms with Gasteiger partial charge in [-0.2, -0.15) is 0 Å². The summed E-state index contributed by atoms with van der Waals surface area (Å²) < 4.78 is 0. The molecule has 0 aliphatic carbocycles. The fraction of sp³-hybridized carbons (Fsp3) is 0.545. The van der Waals surface area contributed by atoms with Crippen LogP contribution in [-0.4, -0.2) is 83.5 Å². The van der Waals surface area contributed by atoms with Gasteiger partial charge >= 0.3 is 0 Å². The van der Waals surface area contributed by atoms with E-state index in [-0.39, 0.29) is 24.5 Å². The fourth-order valence-corrected chi connectivity index (χ4v) is 4.38. The van der Waals surface area contributed by atoms with E-state index in [1.807, 2.05) is 4.90 Å². The number of hydrogen-bond donors (Lipinski definition) is 1. The minimum atomic E-state index is -0.112. The first-order valence-electron chi connectivity index (χ1n) is 10.5. The van der Waals surface area contributed by atoms with Crippen molar-refractivity contribution in [2.45, 2.75) is 31.7 Å². The van der Waals surface area contributed by atoms with Gasteiger partial charge in [-0.3, -0.25) is 14.5 Å². The Morgan fingerprint density at radius 1 is 1.13 bits per heavy atom. The van der Waals surface area contributed by atoms with Gasteiger partial charge in [-0.1, -0.05) is 29.3 Å². The monoisotopic (exact) mass is 453 g/mol. The van der Waals surface area contributed by atoms with Gasteiger partial charge in [0.05, 0.1) is 16.7 Å². The molecule has 1 aromatic carbocycles. The van der Waals surface area contributed by atoms with Crippen molar-refractivity contribution < 1.29 is 14.7 Å². The molecule has 0 bridgehead atoms. The zero-order valence-electron chi connectivity index (χ0n) is 17.1. The van der Waals surface area contributed by atoms with Crippen LogP contribution < -0.4 is 0 Å². The van der Waals surface area contributed by atoms with Gasteiger partial charge in [0.15, 0.2) is 0 Å². The molecule has 0 radical (unpaired) electrons. The van der Waals surface area contributed by atoms with Crippen molar-refractivity contribution in [3.63, 3.8) is 0 Å². The summed E-state index contributed by atoms with van der Waals surface area (Å²) in [6.45, 7) is 4.31. The number of benzene rings is 1. The van der Waals surface area contributed by atoms with Gasteiger partial charge in [0.25, 0.3) is 0 Å². The highest BCUT2D eigenvalue weighted by Gasteiger charge is 2.25. The molecule has 1 N–H and O–H groups in total. The van der Waals surface area contributed by atoms with E-state index in [2.05, 4.69) is 4.90 Å². The highest BCUT2D eigenvalue weighted by atomic mass is 35.5. The van der Waals surface area contributed by atoms with E-state index in [0.29, 0.717) is 42.6 Å². The zero-order valence-corrected chi connectivity index (χ0v) is 18.6. The molecule has 2 aliphatic rings. The highest BCUT2D eigenvalue weighted by molar-refractivity contribution is 6.42. The molecule has 164 valence electrons. The number of carbonyl (C=O) groups excluding carboxylic acids is 2. The summed E-state index contributed by atoms with van der Waals surface area (Å²) in [7, 11) is 0. The van der Waals surface area contributed by atoms with Crippen LogP contribution in [-0.2, 0) is 9.59 Å². The van der Waals surface area contributed by atoms with Crippen LogP contribution in [0.3, 0.4) is 0 Å². The van der Waals surface area contributed by atoms with Crippen LogP contribution in [0, 0.1) is 0 Å². The van der Waals surface area contributed by atoms with Crippen molar-refractivity contribution in [2.24, 2.45) is 0 Å². The molecule has 2 heterocycles. The van der Waals surface area contributed by atoms with Crippen molar-refractivity contribution in [2.75, 3.05) is 45.9 Å². The Balaban J connectivity index is 1.47. The van der Waals surface area contributed by atoms with Crippen LogP contribution in [0.25, 0.3) is 6.08 Å². The van der Waals surface area contributed by atoms with Crippen molar-refractivity contribution in [3.8, 4) is 0 Å². The van der Waals surface area contributed by atoms with E-state index in [4.69, 9.17) is 23.2 Å². The van der Waals surface area contributed by atoms with Crippen LogP contribution >= 0.6 is 23.2 Å². The highest BCUT2D eigenvalue weighted by Crippen LogP contribution is 2.23. The van der Waals surface area contributed by atoms with Gasteiger partial charge in [0.2, 0.25) is 11.8 Å². The van der Waals surface area contributed by atoms with Crippen LogP contribution in [0.5, 0.6) is 0 Å². The molecule has 0 spiro atoms. The average molecular weight is 454 g/mol. The zero-order chi connectivity index (χ0) is 21.5. The van der Waals surface area contributed by atoms with Crippen LogP contribution in [0.15, 0.2) is 24.3 Å². The molecular weight excluding hydrogens is 425 g/mol. The molecule has 2 amide bonds. The molecule has 8 heteroatoms. The molecule has 2 aliphatic heterocycles. The first-order chi connectivity index (χ1) is 14.5. The summed E-state index contributed by atoms with van der Waals surface area (Å²) >= 11 is 11.9. The summed E-state index contributed by atoms with van der Waals surface area (Å²) in [5.74, 6) is -0.0162. The normalized spacial score (nSPS) is 20.9. The van der Waals surface area contributed by atoms with E-state index >= 15 is 0 Å². The van der Waals surface area contributed by atoms with Crippen molar-refractivity contribution in [1.82, 2.24) is 14.7 Å². The molecule has 6 nitrogen and oxygen atoms in total. The van der Waals surface area contributed by atoms with E-state index in [1.54, 1.807) is 29.2 Å². The number of hydrogen-bond acceptors (Lipinski definition) is 4. The molecule has 3 rings (SSSR count). The number of aliphatic hydroxyl groups is 1. The Labute approximate surface area is 188 Å². The molecule has 2 fully saturated rings. The Morgan fingerprint density at radius 2 is 1.97 bits per heavy atom. The first-order valence-corrected chi connectivity index (χ1v) is 11.3. The van der Waals surface area contributed by atoms with E-state index in [0.717, 1.165) is 37.9 Å². The quantitative estimate of drug-likeness (QED) is 0.644. The maximum absolute atomic E-state index is 12.6. The maximum Gasteiger partial charge on any atom is 0.246 e. The predicted molar refractivity (Wildman–Crippen MR) is 120 cm³/mol. The third kappa shape index (κ3) is 6.20. The second kappa shape index (κ2) is 11.1. The van der Waals surface area contributed by atoms with Crippen LogP contribution in [0.4, 0.5) is 0 Å². The lowest BCUT2D eigenvalue weighted by Crippen LogP contribution is -2.38. The van der Waals surface area contributed by atoms with Gasteiger partial charge < -0.3 is 14.9 Å². The second-order valence-electron chi connectivity index (χ2n) is 7.83. The molecule has 2 saturated heterocycles. The van der Waals surface area contributed by atoms with Gasteiger partial charge in [0.1, 0.15) is 0 Å². The molecule has 0 saturated carbocycles. The lowest BCUT2D eigenvalue weighted by molar-refractivity contribution is -0.130. The number of carbonyl (C=O) groups is 2. The molecule has 30 heavy (non-hydrogen) atoms. The standard InChI is InChI=1S/C22H29Cl2N3O3/c23-19-6-4-17(15-20(19)24)5-7-21(29)27-12-8-22(30)26(13-14-27)11-2-10-25-9-1-3-18(25)16-28/h4-7,15,18,28H,1-3,8-14,16H2/b7-5+/t18-/m0/s1. The average Bonchev–Trinajstić information content (AvgIpc) is 3.11. The van der Waals surface area contributed by atoms with E-state index in [1.165, 1.54) is 6.08 Å². The van der Waals surface area contributed by atoms with Crippen LogP contribution in [0.1, 0.15) is 31.2 Å². The molecule has 1 atom stereocenters. The fourth-order valence-electron chi connectivity index (χ4n) is 4.07.